The molecule has 3 rings (SSSR count). The highest BCUT2D eigenvalue weighted by Crippen LogP contribution is 2.23. The number of benzene rings is 3. The number of carbonyl (C=O) groups excluding carboxylic acids is 1. The van der Waals surface area contributed by atoms with Crippen molar-refractivity contribution in [1.82, 2.24) is 5.32 Å². The molecule has 1 atom stereocenters. The Bertz CT molecular complexity index is 995. The van der Waals surface area contributed by atoms with E-state index in [1.54, 1.807) is 12.1 Å². The average Bonchev–Trinajstić information content (AvgIpc) is 2.66. The van der Waals surface area contributed by atoms with Crippen molar-refractivity contribution in [3.8, 4) is 0 Å². The first-order valence-corrected chi connectivity index (χ1v) is 9.36. The maximum Gasteiger partial charge on any atom is 0.326 e. The Hall–Kier alpha value is -3.14. The number of rotatable bonds is 5. The molecule has 0 saturated carbocycles. The van der Waals surface area contributed by atoms with E-state index < -0.39 is 12.0 Å². The van der Waals surface area contributed by atoms with E-state index in [9.17, 15) is 14.7 Å². The molecule has 28 heavy (non-hydrogen) atoms. The van der Waals surface area contributed by atoms with Crippen molar-refractivity contribution in [3.63, 3.8) is 0 Å². The van der Waals surface area contributed by atoms with Crippen molar-refractivity contribution >= 4 is 22.6 Å². The summed E-state index contributed by atoms with van der Waals surface area (Å²) >= 11 is 0. The largest absolute Gasteiger partial charge is 0.480 e. The number of aliphatic carboxylic acids is 1. The van der Waals surface area contributed by atoms with Gasteiger partial charge in [0, 0.05) is 12.0 Å². The van der Waals surface area contributed by atoms with Crippen LogP contribution in [0.2, 0.25) is 0 Å². The molecule has 0 bridgehead atoms. The van der Waals surface area contributed by atoms with Gasteiger partial charge in [-0.2, -0.15) is 0 Å². The molecule has 3 aromatic carbocycles. The van der Waals surface area contributed by atoms with E-state index in [2.05, 4.69) is 26.1 Å². The standard InChI is InChI=1S/C24H25NO3/c1-24(2,3)18-13-11-16(12-14-18)15-21(23(27)28)25-22(26)20-10-6-8-17-7-4-5-9-19(17)20/h4-14,21H,15H2,1-3H3,(H,25,26)(H,27,28)/t21-/m1/s1. The number of hydrogen-bond donors (Lipinski definition) is 2. The Balaban J connectivity index is 1.79. The quantitative estimate of drug-likeness (QED) is 0.687. The lowest BCUT2D eigenvalue weighted by atomic mass is 9.86. The summed E-state index contributed by atoms with van der Waals surface area (Å²) in [5.41, 5.74) is 2.57. The predicted molar refractivity (Wildman–Crippen MR) is 112 cm³/mol. The van der Waals surface area contributed by atoms with Crippen LogP contribution in [0.1, 0.15) is 42.3 Å². The van der Waals surface area contributed by atoms with Crippen LogP contribution in [0.3, 0.4) is 0 Å². The molecule has 0 radical (unpaired) electrons. The van der Waals surface area contributed by atoms with Crippen LogP contribution in [0.15, 0.2) is 66.7 Å². The Morgan fingerprint density at radius 2 is 1.57 bits per heavy atom. The topological polar surface area (TPSA) is 66.4 Å². The molecule has 0 unspecified atom stereocenters. The zero-order valence-electron chi connectivity index (χ0n) is 16.4. The number of carboxylic acids is 1. The third kappa shape index (κ3) is 4.39. The van der Waals surface area contributed by atoms with Gasteiger partial charge in [0.15, 0.2) is 0 Å². The van der Waals surface area contributed by atoms with Crippen molar-refractivity contribution in [2.24, 2.45) is 0 Å². The SMILES string of the molecule is CC(C)(C)c1ccc(C[C@@H](NC(=O)c2cccc3ccccc23)C(=O)O)cc1. The lowest BCUT2D eigenvalue weighted by molar-refractivity contribution is -0.139. The first-order valence-electron chi connectivity index (χ1n) is 9.36. The molecular formula is C24H25NO3. The molecule has 1 amide bonds. The summed E-state index contributed by atoms with van der Waals surface area (Å²) < 4.78 is 0. The number of fused-ring (bicyclic) bond motifs is 1. The minimum Gasteiger partial charge on any atom is -0.480 e. The summed E-state index contributed by atoms with van der Waals surface area (Å²) in [5, 5.41) is 14.0. The molecule has 3 aromatic rings. The van der Waals surface area contributed by atoms with Crippen LogP contribution in [0.4, 0.5) is 0 Å². The molecule has 144 valence electrons. The highest BCUT2D eigenvalue weighted by molar-refractivity contribution is 6.07. The van der Waals surface area contributed by atoms with Gasteiger partial charge in [0.1, 0.15) is 6.04 Å². The highest BCUT2D eigenvalue weighted by atomic mass is 16.4. The summed E-state index contributed by atoms with van der Waals surface area (Å²) in [7, 11) is 0. The van der Waals surface area contributed by atoms with Gasteiger partial charge in [0.25, 0.3) is 5.91 Å². The average molecular weight is 375 g/mol. The third-order valence-electron chi connectivity index (χ3n) is 4.90. The second kappa shape index (κ2) is 7.85. The van der Waals surface area contributed by atoms with Crippen molar-refractivity contribution in [2.45, 2.75) is 38.6 Å². The van der Waals surface area contributed by atoms with E-state index in [0.717, 1.165) is 16.3 Å². The van der Waals surface area contributed by atoms with Gasteiger partial charge in [-0.05, 0) is 33.4 Å². The zero-order valence-corrected chi connectivity index (χ0v) is 16.4. The van der Waals surface area contributed by atoms with Gasteiger partial charge < -0.3 is 10.4 Å². The smallest absolute Gasteiger partial charge is 0.326 e. The molecule has 4 nitrogen and oxygen atoms in total. The van der Waals surface area contributed by atoms with Gasteiger partial charge in [0.2, 0.25) is 0 Å². The fraction of sp³-hybridized carbons (Fsp3) is 0.250. The van der Waals surface area contributed by atoms with Gasteiger partial charge in [-0.25, -0.2) is 4.79 Å². The number of carboxylic acid groups (broad SMARTS) is 1. The summed E-state index contributed by atoms with van der Waals surface area (Å²) in [6.07, 6.45) is 0.232. The maximum absolute atomic E-state index is 12.8. The summed E-state index contributed by atoms with van der Waals surface area (Å²) in [6, 6.07) is 19.9. The number of carbonyl (C=O) groups is 2. The molecule has 0 aliphatic rings. The fourth-order valence-electron chi connectivity index (χ4n) is 3.24. The zero-order chi connectivity index (χ0) is 20.3. The van der Waals surface area contributed by atoms with Gasteiger partial charge >= 0.3 is 5.97 Å². The van der Waals surface area contributed by atoms with Crippen molar-refractivity contribution in [2.75, 3.05) is 0 Å². The van der Waals surface area contributed by atoms with E-state index in [1.165, 1.54) is 5.56 Å². The van der Waals surface area contributed by atoms with E-state index in [0.29, 0.717) is 5.56 Å². The van der Waals surface area contributed by atoms with E-state index >= 15 is 0 Å². The molecule has 0 fully saturated rings. The summed E-state index contributed by atoms with van der Waals surface area (Å²) in [4.78, 5) is 24.5. The normalized spacial score (nSPS) is 12.5. The van der Waals surface area contributed by atoms with Crippen LogP contribution < -0.4 is 5.32 Å². The number of nitrogens with one attached hydrogen (secondary N) is 1. The molecule has 0 aromatic heterocycles. The first kappa shape index (κ1) is 19.6. The van der Waals surface area contributed by atoms with Gasteiger partial charge in [-0.1, -0.05) is 81.4 Å². The predicted octanol–water partition coefficient (Wildman–Crippen LogP) is 4.56. The van der Waals surface area contributed by atoms with Gasteiger partial charge in [-0.15, -0.1) is 0 Å². The van der Waals surface area contributed by atoms with Crippen LogP contribution in [0.5, 0.6) is 0 Å². The lowest BCUT2D eigenvalue weighted by Crippen LogP contribution is -2.42. The second-order valence-corrected chi connectivity index (χ2v) is 8.04. The molecule has 0 heterocycles. The van der Waals surface area contributed by atoms with Crippen LogP contribution in [-0.4, -0.2) is 23.0 Å². The molecule has 2 N–H and O–H groups in total. The van der Waals surface area contributed by atoms with E-state index in [4.69, 9.17) is 0 Å². The van der Waals surface area contributed by atoms with Crippen LogP contribution in [0, 0.1) is 0 Å². The van der Waals surface area contributed by atoms with Crippen LogP contribution >= 0.6 is 0 Å². The molecular weight excluding hydrogens is 350 g/mol. The van der Waals surface area contributed by atoms with Crippen molar-refractivity contribution in [1.29, 1.82) is 0 Å². The molecule has 0 aliphatic carbocycles. The lowest BCUT2D eigenvalue weighted by Gasteiger charge is -2.20. The Labute approximate surface area is 165 Å². The molecule has 0 spiro atoms. The second-order valence-electron chi connectivity index (χ2n) is 8.04. The minimum absolute atomic E-state index is 0.0350. The molecule has 0 saturated heterocycles. The van der Waals surface area contributed by atoms with Crippen molar-refractivity contribution < 1.29 is 14.7 Å². The van der Waals surface area contributed by atoms with Gasteiger partial charge in [-0.3, -0.25) is 4.79 Å². The van der Waals surface area contributed by atoms with Crippen LogP contribution in [-0.2, 0) is 16.6 Å². The number of hydrogen-bond acceptors (Lipinski definition) is 2. The summed E-state index contributed by atoms with van der Waals surface area (Å²) in [5.74, 6) is -1.43. The maximum atomic E-state index is 12.8. The fourth-order valence-corrected chi connectivity index (χ4v) is 3.24. The minimum atomic E-state index is -1.05. The first-order chi connectivity index (χ1) is 13.3. The highest BCUT2D eigenvalue weighted by Gasteiger charge is 2.22. The van der Waals surface area contributed by atoms with E-state index in [-0.39, 0.29) is 17.7 Å². The molecule has 0 aliphatic heterocycles. The summed E-state index contributed by atoms with van der Waals surface area (Å²) in [6.45, 7) is 6.39. The molecule has 4 heteroatoms. The Morgan fingerprint density at radius 1 is 0.929 bits per heavy atom. The van der Waals surface area contributed by atoms with E-state index in [1.807, 2.05) is 54.6 Å². The van der Waals surface area contributed by atoms with Crippen molar-refractivity contribution in [3.05, 3.63) is 83.4 Å². The van der Waals surface area contributed by atoms with Crippen LogP contribution in [0.25, 0.3) is 10.8 Å². The third-order valence-corrected chi connectivity index (χ3v) is 4.90. The Kier molecular flexibility index (Phi) is 5.50. The van der Waals surface area contributed by atoms with Gasteiger partial charge in [0.05, 0.1) is 0 Å². The number of amides is 1. The Morgan fingerprint density at radius 3 is 2.21 bits per heavy atom. The monoisotopic (exact) mass is 375 g/mol.